The van der Waals surface area contributed by atoms with Gasteiger partial charge in [0.05, 0.1) is 0 Å². The van der Waals surface area contributed by atoms with E-state index in [2.05, 4.69) is 31.4 Å². The van der Waals surface area contributed by atoms with Crippen molar-refractivity contribution in [2.24, 2.45) is 11.8 Å². The maximum Gasteiger partial charge on any atom is 0.251 e. The van der Waals surface area contributed by atoms with Gasteiger partial charge in [-0.25, -0.2) is 0 Å². The molecule has 1 aliphatic carbocycles. The molecule has 1 amide bonds. The van der Waals surface area contributed by atoms with Crippen LogP contribution in [0.1, 0.15) is 56.0 Å². The highest BCUT2D eigenvalue weighted by atomic mass is 16.1. The van der Waals surface area contributed by atoms with Crippen molar-refractivity contribution in [3.8, 4) is 0 Å². The van der Waals surface area contributed by atoms with Crippen LogP contribution in [-0.2, 0) is 0 Å². The molecule has 3 heteroatoms. The van der Waals surface area contributed by atoms with Gasteiger partial charge in [-0.1, -0.05) is 13.8 Å². The first-order valence-electron chi connectivity index (χ1n) is 8.15. The van der Waals surface area contributed by atoms with Gasteiger partial charge in [-0.15, -0.1) is 0 Å². The molecule has 2 rings (SSSR count). The van der Waals surface area contributed by atoms with Crippen molar-refractivity contribution < 1.29 is 4.79 Å². The van der Waals surface area contributed by atoms with Crippen LogP contribution in [0.15, 0.2) is 18.2 Å². The molecule has 1 aromatic carbocycles. The van der Waals surface area contributed by atoms with Gasteiger partial charge in [0, 0.05) is 23.8 Å². The summed E-state index contributed by atoms with van der Waals surface area (Å²) in [5.74, 6) is 1.59. The summed E-state index contributed by atoms with van der Waals surface area (Å²) in [7, 11) is 0. The Hall–Kier alpha value is -1.51. The van der Waals surface area contributed by atoms with Crippen LogP contribution >= 0.6 is 0 Å². The summed E-state index contributed by atoms with van der Waals surface area (Å²) < 4.78 is 0. The predicted molar refractivity (Wildman–Crippen MR) is 88.8 cm³/mol. The summed E-state index contributed by atoms with van der Waals surface area (Å²) in [6.07, 6.45) is 3.82. The highest BCUT2D eigenvalue weighted by Gasteiger charge is 2.24. The minimum absolute atomic E-state index is 0.00654. The zero-order valence-corrected chi connectivity index (χ0v) is 13.7. The lowest BCUT2D eigenvalue weighted by atomic mass is 9.80. The Kier molecular flexibility index (Phi) is 5.27. The number of amides is 1. The van der Waals surface area contributed by atoms with Crippen molar-refractivity contribution in [1.29, 1.82) is 0 Å². The largest absolute Gasteiger partial charge is 0.382 e. The second kappa shape index (κ2) is 6.97. The quantitative estimate of drug-likeness (QED) is 0.880. The fourth-order valence-electron chi connectivity index (χ4n) is 3.51. The topological polar surface area (TPSA) is 41.1 Å². The first-order chi connectivity index (χ1) is 9.99. The minimum atomic E-state index is 0.00654. The van der Waals surface area contributed by atoms with E-state index in [1.54, 1.807) is 0 Å². The third kappa shape index (κ3) is 4.23. The van der Waals surface area contributed by atoms with E-state index in [-0.39, 0.29) is 5.91 Å². The van der Waals surface area contributed by atoms with Gasteiger partial charge in [0.25, 0.3) is 5.91 Å². The smallest absolute Gasteiger partial charge is 0.251 e. The van der Waals surface area contributed by atoms with Gasteiger partial charge in [0.2, 0.25) is 0 Å². The monoisotopic (exact) mass is 288 g/mol. The molecule has 2 atom stereocenters. The molecule has 2 unspecified atom stereocenters. The zero-order chi connectivity index (χ0) is 15.4. The maximum atomic E-state index is 11.9. The molecule has 1 fully saturated rings. The molecule has 0 aromatic heterocycles. The number of carbonyl (C=O) groups excluding carboxylic acids is 1. The molecule has 2 N–H and O–H groups in total. The fraction of sp³-hybridized carbons (Fsp3) is 0.611. The van der Waals surface area contributed by atoms with Crippen molar-refractivity contribution in [3.05, 3.63) is 29.3 Å². The zero-order valence-electron chi connectivity index (χ0n) is 13.7. The second-order valence-corrected chi connectivity index (χ2v) is 6.65. The van der Waals surface area contributed by atoms with Gasteiger partial charge in [0.15, 0.2) is 0 Å². The van der Waals surface area contributed by atoms with Gasteiger partial charge >= 0.3 is 0 Å². The minimum Gasteiger partial charge on any atom is -0.382 e. The summed E-state index contributed by atoms with van der Waals surface area (Å²) in [5.41, 5.74) is 3.05. The van der Waals surface area contributed by atoms with Crippen LogP contribution in [0.2, 0.25) is 0 Å². The molecule has 1 saturated carbocycles. The Morgan fingerprint density at radius 2 is 1.86 bits per heavy atom. The number of carbonyl (C=O) groups is 1. The molecule has 0 bridgehead atoms. The van der Waals surface area contributed by atoms with E-state index in [1.807, 2.05) is 25.1 Å². The number of nitrogens with one attached hydrogen (secondary N) is 2. The molecule has 1 aliphatic rings. The Labute approximate surface area is 128 Å². The van der Waals surface area contributed by atoms with Crippen molar-refractivity contribution in [2.75, 3.05) is 11.9 Å². The Balaban J connectivity index is 2.05. The van der Waals surface area contributed by atoms with Crippen LogP contribution < -0.4 is 10.6 Å². The van der Waals surface area contributed by atoms with Gasteiger partial charge in [-0.2, -0.15) is 0 Å². The first kappa shape index (κ1) is 15.9. The Morgan fingerprint density at radius 3 is 2.43 bits per heavy atom. The van der Waals surface area contributed by atoms with Gasteiger partial charge < -0.3 is 10.6 Å². The Bertz CT molecular complexity index is 488. The molecular formula is C18H28N2O. The van der Waals surface area contributed by atoms with Crippen LogP contribution in [-0.4, -0.2) is 18.5 Å². The van der Waals surface area contributed by atoms with Crippen molar-refractivity contribution in [1.82, 2.24) is 5.32 Å². The molecule has 21 heavy (non-hydrogen) atoms. The number of aryl methyl sites for hydroxylation is 1. The number of anilines is 1. The normalized spacial score (nSPS) is 25.4. The third-order valence-corrected chi connectivity index (χ3v) is 4.36. The lowest BCUT2D eigenvalue weighted by Crippen LogP contribution is -2.30. The van der Waals surface area contributed by atoms with Crippen molar-refractivity contribution in [3.63, 3.8) is 0 Å². The summed E-state index contributed by atoms with van der Waals surface area (Å²) in [6.45, 7) is 9.35. The average Bonchev–Trinajstić information content (AvgIpc) is 2.40. The van der Waals surface area contributed by atoms with Crippen LogP contribution in [0.5, 0.6) is 0 Å². The molecule has 0 saturated heterocycles. The molecular weight excluding hydrogens is 260 g/mol. The predicted octanol–water partition coefficient (Wildman–Crippen LogP) is 3.98. The van der Waals surface area contributed by atoms with Crippen LogP contribution in [0.3, 0.4) is 0 Å². The molecule has 116 valence electrons. The van der Waals surface area contributed by atoms with Crippen LogP contribution in [0.25, 0.3) is 0 Å². The molecule has 3 nitrogen and oxygen atoms in total. The average molecular weight is 288 g/mol. The number of hydrogen-bond acceptors (Lipinski definition) is 2. The standard InChI is InChI=1S/C18H28N2O/c1-5-19-18(21)15-6-7-17(14(4)11-15)20-16-9-12(2)8-13(3)10-16/h6-7,11-13,16,20H,5,8-10H2,1-4H3,(H,19,21). The van der Waals surface area contributed by atoms with E-state index in [4.69, 9.17) is 0 Å². The summed E-state index contributed by atoms with van der Waals surface area (Å²) >= 11 is 0. The first-order valence-corrected chi connectivity index (χ1v) is 8.15. The Morgan fingerprint density at radius 1 is 1.19 bits per heavy atom. The van der Waals surface area contributed by atoms with E-state index in [9.17, 15) is 4.79 Å². The SMILES string of the molecule is CCNC(=O)c1ccc(NC2CC(C)CC(C)C2)c(C)c1. The molecule has 0 spiro atoms. The highest BCUT2D eigenvalue weighted by molar-refractivity contribution is 5.94. The highest BCUT2D eigenvalue weighted by Crippen LogP contribution is 2.31. The lowest BCUT2D eigenvalue weighted by Gasteiger charge is -2.33. The fourth-order valence-corrected chi connectivity index (χ4v) is 3.51. The number of hydrogen-bond donors (Lipinski definition) is 2. The van der Waals surface area contributed by atoms with E-state index in [0.717, 1.165) is 28.7 Å². The van der Waals surface area contributed by atoms with Gasteiger partial charge in [-0.3, -0.25) is 4.79 Å². The van der Waals surface area contributed by atoms with Crippen molar-refractivity contribution >= 4 is 11.6 Å². The second-order valence-electron chi connectivity index (χ2n) is 6.65. The van der Waals surface area contributed by atoms with E-state index in [1.165, 1.54) is 19.3 Å². The van der Waals surface area contributed by atoms with Gasteiger partial charge in [0.1, 0.15) is 0 Å². The summed E-state index contributed by atoms with van der Waals surface area (Å²) in [4.78, 5) is 11.9. The summed E-state index contributed by atoms with van der Waals surface area (Å²) in [5, 5.41) is 6.52. The number of rotatable bonds is 4. The van der Waals surface area contributed by atoms with E-state index in [0.29, 0.717) is 12.6 Å². The molecule has 1 aromatic rings. The molecule has 0 aliphatic heterocycles. The van der Waals surface area contributed by atoms with Crippen molar-refractivity contribution in [2.45, 2.75) is 53.0 Å². The maximum absolute atomic E-state index is 11.9. The van der Waals surface area contributed by atoms with E-state index < -0.39 is 0 Å². The molecule has 0 heterocycles. The van der Waals surface area contributed by atoms with Crippen LogP contribution in [0, 0.1) is 18.8 Å². The lowest BCUT2D eigenvalue weighted by molar-refractivity contribution is 0.0956. The van der Waals surface area contributed by atoms with E-state index >= 15 is 0 Å². The summed E-state index contributed by atoms with van der Waals surface area (Å²) in [6, 6.07) is 6.49. The number of benzene rings is 1. The van der Waals surface area contributed by atoms with Crippen LogP contribution in [0.4, 0.5) is 5.69 Å². The molecule has 0 radical (unpaired) electrons. The third-order valence-electron chi connectivity index (χ3n) is 4.36. The van der Waals surface area contributed by atoms with Gasteiger partial charge in [-0.05, 0) is 68.7 Å².